The Balaban J connectivity index is 2.43. The molecule has 2 heterocycles. The second-order valence-electron chi connectivity index (χ2n) is 8.62. The van der Waals surface area contributed by atoms with E-state index in [4.69, 9.17) is 4.74 Å². The monoisotopic (exact) mass is 484 g/mol. The molecule has 1 fully saturated rings. The average Bonchev–Trinajstić information content (AvgIpc) is 2.73. The number of hydrogen-bond donors (Lipinski definition) is 3. The lowest BCUT2D eigenvalue weighted by molar-refractivity contribution is -0.132. The minimum atomic E-state index is -0.905. The Kier molecular flexibility index (Phi) is 11.1. The number of carbonyl (C=O) groups excluding carboxylic acids is 3. The third kappa shape index (κ3) is 8.48. The summed E-state index contributed by atoms with van der Waals surface area (Å²) in [5.41, 5.74) is 0. The standard InChI is InChI=1S/C23H36N2O5S2/c1-5-14(2)21-20(27)11-16(4)30-18-8-6-7-9-31-32-13-19(23(29)25-21)24-22(28)15(3)10-17(26)12-18/h6,8,14-15,18-21,27H,4-5,7,9-13H2,1-3H3,(H,24,28)(H,25,29)/b8-6+/t14-,15+,18?,19-,20+,21-/m1/s1. The van der Waals surface area contributed by atoms with Crippen molar-refractivity contribution in [3.63, 3.8) is 0 Å². The molecule has 2 rings (SSSR count). The summed E-state index contributed by atoms with van der Waals surface area (Å²) in [7, 11) is 3.16. The lowest BCUT2D eigenvalue weighted by atomic mass is 9.92. The van der Waals surface area contributed by atoms with E-state index in [0.717, 1.165) is 18.6 Å². The number of ketones is 1. The highest BCUT2D eigenvalue weighted by Crippen LogP contribution is 2.25. The van der Waals surface area contributed by atoms with Gasteiger partial charge in [-0.25, -0.2) is 0 Å². The first-order valence-corrected chi connectivity index (χ1v) is 13.8. The summed E-state index contributed by atoms with van der Waals surface area (Å²) in [5, 5.41) is 16.7. The van der Waals surface area contributed by atoms with E-state index in [0.29, 0.717) is 11.5 Å². The minimum Gasteiger partial charge on any atom is -0.491 e. The van der Waals surface area contributed by atoms with Gasteiger partial charge in [-0.2, -0.15) is 0 Å². The molecule has 2 aliphatic heterocycles. The van der Waals surface area contributed by atoms with Gasteiger partial charge in [0.2, 0.25) is 11.8 Å². The molecule has 0 aromatic heterocycles. The lowest BCUT2D eigenvalue weighted by Crippen LogP contribution is -2.56. The van der Waals surface area contributed by atoms with Gasteiger partial charge in [-0.3, -0.25) is 14.4 Å². The van der Waals surface area contributed by atoms with Gasteiger partial charge in [0.1, 0.15) is 17.9 Å². The summed E-state index contributed by atoms with van der Waals surface area (Å²) in [6, 6.07) is -1.27. The molecule has 0 saturated carbocycles. The maximum Gasteiger partial charge on any atom is 0.243 e. The Morgan fingerprint density at radius 1 is 1.19 bits per heavy atom. The van der Waals surface area contributed by atoms with Crippen molar-refractivity contribution < 1.29 is 24.2 Å². The van der Waals surface area contributed by atoms with Gasteiger partial charge in [0.05, 0.1) is 17.9 Å². The highest BCUT2D eigenvalue weighted by molar-refractivity contribution is 8.76. The van der Waals surface area contributed by atoms with Crippen LogP contribution in [0.15, 0.2) is 24.5 Å². The molecule has 1 unspecified atom stereocenters. The molecule has 0 aliphatic carbocycles. The van der Waals surface area contributed by atoms with E-state index in [2.05, 4.69) is 17.2 Å². The number of aliphatic hydroxyl groups is 1. The van der Waals surface area contributed by atoms with Crippen molar-refractivity contribution in [1.82, 2.24) is 10.6 Å². The van der Waals surface area contributed by atoms with Gasteiger partial charge in [0, 0.05) is 36.7 Å². The molecule has 0 spiro atoms. The first kappa shape index (κ1) is 26.8. The first-order valence-electron chi connectivity index (χ1n) is 11.3. The van der Waals surface area contributed by atoms with Crippen molar-refractivity contribution >= 4 is 39.2 Å². The zero-order chi connectivity index (χ0) is 23.7. The molecule has 3 N–H and O–H groups in total. The fraction of sp³-hybridized carbons (Fsp3) is 0.696. The van der Waals surface area contributed by atoms with Gasteiger partial charge in [-0.05, 0) is 18.4 Å². The Morgan fingerprint density at radius 3 is 2.66 bits per heavy atom. The maximum absolute atomic E-state index is 13.2. The number of Topliss-reactive ketones (excluding diaryl/α,β-unsaturated/α-hetero) is 1. The maximum atomic E-state index is 13.2. The van der Waals surface area contributed by atoms with Crippen LogP contribution in [0.5, 0.6) is 0 Å². The van der Waals surface area contributed by atoms with Crippen LogP contribution in [0, 0.1) is 11.8 Å². The van der Waals surface area contributed by atoms with Crippen LogP contribution in [0.1, 0.15) is 52.9 Å². The van der Waals surface area contributed by atoms with Crippen LogP contribution in [-0.2, 0) is 19.1 Å². The van der Waals surface area contributed by atoms with E-state index in [-0.39, 0.29) is 42.8 Å². The van der Waals surface area contributed by atoms with E-state index in [9.17, 15) is 19.5 Å². The van der Waals surface area contributed by atoms with Crippen molar-refractivity contribution in [3.05, 3.63) is 24.5 Å². The highest BCUT2D eigenvalue weighted by Gasteiger charge is 2.32. The minimum absolute atomic E-state index is 0.00545. The van der Waals surface area contributed by atoms with E-state index in [1.165, 1.54) is 10.8 Å². The summed E-state index contributed by atoms with van der Waals surface area (Å²) in [6.45, 7) is 9.60. The highest BCUT2D eigenvalue weighted by atomic mass is 33.1. The number of amides is 2. The SMILES string of the molecule is C=C1C[C@H](O)[C@@H]([C@H](C)CC)NC(=O)[C@H]2CSSCC/C=C/C(CC(=O)C[C@H](C)C(=O)N2)O1. The van der Waals surface area contributed by atoms with E-state index in [1.54, 1.807) is 17.7 Å². The molecular formula is C23H36N2O5S2. The Bertz CT molecular complexity index is 715. The zero-order valence-electron chi connectivity index (χ0n) is 19.2. The third-order valence-corrected chi connectivity index (χ3v) is 8.26. The van der Waals surface area contributed by atoms with E-state index in [1.807, 2.05) is 26.0 Å². The van der Waals surface area contributed by atoms with Gasteiger partial charge in [0.15, 0.2) is 0 Å². The number of rotatable bonds is 2. The molecule has 0 aromatic carbocycles. The number of allylic oxidation sites excluding steroid dienone is 1. The molecule has 0 radical (unpaired) electrons. The molecule has 180 valence electrons. The molecule has 32 heavy (non-hydrogen) atoms. The van der Waals surface area contributed by atoms with E-state index >= 15 is 0 Å². The van der Waals surface area contributed by atoms with Crippen LogP contribution in [0.25, 0.3) is 0 Å². The van der Waals surface area contributed by atoms with Crippen LogP contribution in [0.3, 0.4) is 0 Å². The second-order valence-corrected chi connectivity index (χ2v) is 11.2. The van der Waals surface area contributed by atoms with Crippen molar-refractivity contribution in [1.29, 1.82) is 0 Å². The van der Waals surface area contributed by atoms with Crippen LogP contribution in [-0.4, -0.2) is 58.5 Å². The fourth-order valence-electron chi connectivity index (χ4n) is 3.69. The molecule has 7 nitrogen and oxygen atoms in total. The van der Waals surface area contributed by atoms with Gasteiger partial charge < -0.3 is 20.5 Å². The molecule has 0 aromatic rings. The van der Waals surface area contributed by atoms with Crippen molar-refractivity contribution in [2.75, 3.05) is 11.5 Å². The van der Waals surface area contributed by atoms with Gasteiger partial charge in [-0.15, -0.1) is 0 Å². The number of aliphatic hydroxyl groups excluding tert-OH is 1. The third-order valence-electron chi connectivity index (χ3n) is 5.82. The second kappa shape index (κ2) is 13.3. The average molecular weight is 485 g/mol. The summed E-state index contributed by atoms with van der Waals surface area (Å²) >= 11 is 0. The Labute approximate surface area is 199 Å². The van der Waals surface area contributed by atoms with Crippen molar-refractivity contribution in [3.8, 4) is 0 Å². The van der Waals surface area contributed by atoms with Crippen molar-refractivity contribution in [2.45, 2.75) is 77.2 Å². The molecule has 6 atom stereocenters. The molecular weight excluding hydrogens is 448 g/mol. The normalized spacial score (nSPS) is 33.6. The molecule has 1 saturated heterocycles. The number of ether oxygens (including phenoxy) is 1. The predicted molar refractivity (Wildman–Crippen MR) is 130 cm³/mol. The Morgan fingerprint density at radius 2 is 1.94 bits per heavy atom. The Hall–Kier alpha value is -1.45. The van der Waals surface area contributed by atoms with Crippen LogP contribution in [0.4, 0.5) is 0 Å². The first-order chi connectivity index (χ1) is 15.2. The predicted octanol–water partition coefficient (Wildman–Crippen LogP) is 2.99. The van der Waals surface area contributed by atoms with Crippen LogP contribution in [0.2, 0.25) is 0 Å². The van der Waals surface area contributed by atoms with Crippen LogP contribution < -0.4 is 10.6 Å². The number of carbonyl (C=O) groups is 3. The molecule has 9 heteroatoms. The topological polar surface area (TPSA) is 105 Å². The van der Waals surface area contributed by atoms with E-state index < -0.39 is 30.2 Å². The molecule has 2 aliphatic rings. The molecule has 2 bridgehead atoms. The number of fused-ring (bicyclic) bond motifs is 7. The summed E-state index contributed by atoms with van der Waals surface area (Å²) in [4.78, 5) is 38.6. The van der Waals surface area contributed by atoms with Gasteiger partial charge in [-0.1, -0.05) is 61.4 Å². The summed E-state index contributed by atoms with van der Waals surface area (Å²) in [6.07, 6.45) is 4.33. The van der Waals surface area contributed by atoms with Gasteiger partial charge >= 0.3 is 0 Å². The van der Waals surface area contributed by atoms with Crippen LogP contribution >= 0.6 is 21.6 Å². The van der Waals surface area contributed by atoms with Crippen molar-refractivity contribution in [2.24, 2.45) is 11.8 Å². The zero-order valence-corrected chi connectivity index (χ0v) is 20.8. The molecule has 2 amide bonds. The fourth-order valence-corrected chi connectivity index (χ4v) is 5.84. The number of hydrogen-bond acceptors (Lipinski definition) is 7. The summed E-state index contributed by atoms with van der Waals surface area (Å²) in [5.74, 6) is 0.285. The largest absolute Gasteiger partial charge is 0.491 e. The quantitative estimate of drug-likeness (QED) is 0.409. The van der Waals surface area contributed by atoms with Gasteiger partial charge in [0.25, 0.3) is 0 Å². The lowest BCUT2D eigenvalue weighted by Gasteiger charge is -2.31. The summed E-state index contributed by atoms with van der Waals surface area (Å²) < 4.78 is 5.95. The number of nitrogens with one attached hydrogen (secondary N) is 2. The smallest absolute Gasteiger partial charge is 0.243 e.